The number of benzene rings is 1. The summed E-state index contributed by atoms with van der Waals surface area (Å²) in [5, 5.41) is 3.53. The van der Waals surface area contributed by atoms with Crippen molar-refractivity contribution in [3.05, 3.63) is 29.3 Å². The molecule has 114 valence electrons. The zero-order valence-electron chi connectivity index (χ0n) is 14.0. The van der Waals surface area contributed by atoms with E-state index in [9.17, 15) is 0 Å². The highest BCUT2D eigenvalue weighted by atomic mass is 15.1. The first kappa shape index (κ1) is 17.0. The molecule has 0 aliphatic heterocycles. The quantitative estimate of drug-likeness (QED) is 0.720. The highest BCUT2D eigenvalue weighted by Gasteiger charge is 2.07. The summed E-state index contributed by atoms with van der Waals surface area (Å²) in [5.41, 5.74) is 4.19. The van der Waals surface area contributed by atoms with Crippen LogP contribution in [-0.2, 0) is 6.54 Å². The van der Waals surface area contributed by atoms with Gasteiger partial charge in [0, 0.05) is 25.3 Å². The summed E-state index contributed by atoms with van der Waals surface area (Å²) in [6.07, 6.45) is 2.41. The van der Waals surface area contributed by atoms with Gasteiger partial charge in [-0.1, -0.05) is 33.8 Å². The minimum atomic E-state index is 0.708. The van der Waals surface area contributed by atoms with Crippen molar-refractivity contribution < 1.29 is 0 Å². The maximum Gasteiger partial charge on any atom is 0.0369 e. The van der Waals surface area contributed by atoms with E-state index in [1.54, 1.807) is 0 Å². The van der Waals surface area contributed by atoms with Gasteiger partial charge in [0.1, 0.15) is 0 Å². The van der Waals surface area contributed by atoms with Crippen molar-refractivity contribution in [2.24, 2.45) is 5.92 Å². The van der Waals surface area contributed by atoms with Crippen LogP contribution in [-0.4, -0.2) is 19.6 Å². The molecule has 2 heteroatoms. The molecule has 0 saturated heterocycles. The molecule has 2 nitrogen and oxygen atoms in total. The monoisotopic (exact) mass is 276 g/mol. The fraction of sp³-hybridized carbons (Fsp3) is 0.667. The van der Waals surface area contributed by atoms with E-state index in [2.05, 4.69) is 63.0 Å². The maximum absolute atomic E-state index is 3.53. The first-order valence-corrected chi connectivity index (χ1v) is 8.13. The third-order valence-electron chi connectivity index (χ3n) is 3.55. The molecule has 0 radical (unpaired) electrons. The number of hydrogen-bond donors (Lipinski definition) is 1. The highest BCUT2D eigenvalue weighted by molar-refractivity contribution is 5.50. The number of rotatable bonds is 9. The summed E-state index contributed by atoms with van der Waals surface area (Å²) in [6, 6.07) is 6.92. The Morgan fingerprint density at radius 3 is 2.25 bits per heavy atom. The topological polar surface area (TPSA) is 15.3 Å². The summed E-state index contributed by atoms with van der Waals surface area (Å²) in [5.74, 6) is 0.708. The van der Waals surface area contributed by atoms with E-state index in [0.717, 1.165) is 26.2 Å². The van der Waals surface area contributed by atoms with Crippen molar-refractivity contribution in [3.8, 4) is 0 Å². The standard InChI is InChI=1S/C18H32N2/c1-6-10-20(11-7-2)18-9-8-17(16(5)12-18)14-19-13-15(3)4/h8-9,12,15,19H,6-7,10-11,13-14H2,1-5H3. The van der Waals surface area contributed by atoms with Crippen LogP contribution in [0.5, 0.6) is 0 Å². The van der Waals surface area contributed by atoms with Crippen molar-refractivity contribution in [2.45, 2.75) is 54.0 Å². The van der Waals surface area contributed by atoms with Crippen LogP contribution < -0.4 is 10.2 Å². The zero-order chi connectivity index (χ0) is 15.0. The Morgan fingerprint density at radius 1 is 1.10 bits per heavy atom. The first-order chi connectivity index (χ1) is 9.58. The van der Waals surface area contributed by atoms with Crippen LogP contribution in [0, 0.1) is 12.8 Å². The SMILES string of the molecule is CCCN(CCC)c1ccc(CNCC(C)C)c(C)c1. The first-order valence-electron chi connectivity index (χ1n) is 8.13. The second-order valence-electron chi connectivity index (χ2n) is 6.12. The van der Waals surface area contributed by atoms with Crippen LogP contribution in [0.1, 0.15) is 51.7 Å². The molecule has 0 bridgehead atoms. The summed E-state index contributed by atoms with van der Waals surface area (Å²) >= 11 is 0. The Labute approximate surface area is 125 Å². The Balaban J connectivity index is 2.70. The maximum atomic E-state index is 3.53. The second-order valence-corrected chi connectivity index (χ2v) is 6.12. The average Bonchev–Trinajstić information content (AvgIpc) is 2.40. The Morgan fingerprint density at radius 2 is 1.75 bits per heavy atom. The lowest BCUT2D eigenvalue weighted by Crippen LogP contribution is -2.25. The van der Waals surface area contributed by atoms with Crippen molar-refractivity contribution >= 4 is 5.69 Å². The van der Waals surface area contributed by atoms with E-state index in [-0.39, 0.29) is 0 Å². The van der Waals surface area contributed by atoms with Crippen LogP contribution >= 0.6 is 0 Å². The van der Waals surface area contributed by atoms with Crippen molar-refractivity contribution in [1.82, 2.24) is 5.32 Å². The van der Waals surface area contributed by atoms with Gasteiger partial charge in [-0.2, -0.15) is 0 Å². The lowest BCUT2D eigenvalue weighted by Gasteiger charge is -2.25. The molecule has 0 heterocycles. The third kappa shape index (κ3) is 5.54. The van der Waals surface area contributed by atoms with E-state index >= 15 is 0 Å². The van der Waals surface area contributed by atoms with Gasteiger partial charge in [0.05, 0.1) is 0 Å². The van der Waals surface area contributed by atoms with Gasteiger partial charge in [0.25, 0.3) is 0 Å². The average molecular weight is 276 g/mol. The second kappa shape index (κ2) is 9.02. The minimum absolute atomic E-state index is 0.708. The normalized spacial score (nSPS) is 11.1. The molecule has 20 heavy (non-hydrogen) atoms. The number of anilines is 1. The van der Waals surface area contributed by atoms with E-state index < -0.39 is 0 Å². The molecule has 0 aliphatic rings. The van der Waals surface area contributed by atoms with Gasteiger partial charge in [0.15, 0.2) is 0 Å². The van der Waals surface area contributed by atoms with Gasteiger partial charge in [-0.3, -0.25) is 0 Å². The number of hydrogen-bond acceptors (Lipinski definition) is 2. The van der Waals surface area contributed by atoms with Crippen LogP contribution in [0.15, 0.2) is 18.2 Å². The molecule has 0 fully saturated rings. The fourth-order valence-corrected chi connectivity index (χ4v) is 2.48. The predicted molar refractivity (Wildman–Crippen MR) is 90.5 cm³/mol. The molecule has 0 amide bonds. The third-order valence-corrected chi connectivity index (χ3v) is 3.55. The Bertz CT molecular complexity index is 379. The Kier molecular flexibility index (Phi) is 7.68. The van der Waals surface area contributed by atoms with Crippen molar-refractivity contribution in [2.75, 3.05) is 24.5 Å². The van der Waals surface area contributed by atoms with Crippen LogP contribution in [0.3, 0.4) is 0 Å². The molecule has 0 saturated carbocycles. The molecule has 0 aliphatic carbocycles. The molecule has 0 aromatic heterocycles. The molecule has 0 spiro atoms. The van der Waals surface area contributed by atoms with Crippen LogP contribution in [0.4, 0.5) is 5.69 Å². The number of aryl methyl sites for hydroxylation is 1. The Hall–Kier alpha value is -1.02. The molecular formula is C18H32N2. The van der Waals surface area contributed by atoms with Crippen molar-refractivity contribution in [1.29, 1.82) is 0 Å². The van der Waals surface area contributed by atoms with Gasteiger partial charge in [-0.25, -0.2) is 0 Å². The van der Waals surface area contributed by atoms with E-state index in [0.29, 0.717) is 5.92 Å². The van der Waals surface area contributed by atoms with Gasteiger partial charge in [-0.05, 0) is 55.5 Å². The number of nitrogens with one attached hydrogen (secondary N) is 1. The van der Waals surface area contributed by atoms with Gasteiger partial charge in [0.2, 0.25) is 0 Å². The molecule has 1 aromatic carbocycles. The van der Waals surface area contributed by atoms with E-state index in [1.807, 2.05) is 0 Å². The molecule has 1 N–H and O–H groups in total. The number of nitrogens with zero attached hydrogens (tertiary/aromatic N) is 1. The summed E-state index contributed by atoms with van der Waals surface area (Å²) in [4.78, 5) is 2.50. The van der Waals surface area contributed by atoms with Crippen LogP contribution in [0.25, 0.3) is 0 Å². The molecular weight excluding hydrogens is 244 g/mol. The van der Waals surface area contributed by atoms with E-state index in [1.165, 1.54) is 29.7 Å². The highest BCUT2D eigenvalue weighted by Crippen LogP contribution is 2.20. The lowest BCUT2D eigenvalue weighted by atomic mass is 10.1. The van der Waals surface area contributed by atoms with Crippen LogP contribution in [0.2, 0.25) is 0 Å². The minimum Gasteiger partial charge on any atom is -0.372 e. The predicted octanol–water partition coefficient (Wildman–Crippen LogP) is 4.37. The van der Waals surface area contributed by atoms with E-state index in [4.69, 9.17) is 0 Å². The largest absolute Gasteiger partial charge is 0.372 e. The summed E-state index contributed by atoms with van der Waals surface area (Å²) < 4.78 is 0. The lowest BCUT2D eigenvalue weighted by molar-refractivity contribution is 0.551. The van der Waals surface area contributed by atoms with Crippen molar-refractivity contribution in [3.63, 3.8) is 0 Å². The zero-order valence-corrected chi connectivity index (χ0v) is 14.0. The molecule has 1 rings (SSSR count). The smallest absolute Gasteiger partial charge is 0.0369 e. The molecule has 0 unspecified atom stereocenters. The molecule has 1 aromatic rings. The van der Waals surface area contributed by atoms with Gasteiger partial charge < -0.3 is 10.2 Å². The molecule has 0 atom stereocenters. The fourth-order valence-electron chi connectivity index (χ4n) is 2.48. The van der Waals surface area contributed by atoms with Gasteiger partial charge in [-0.15, -0.1) is 0 Å². The summed E-state index contributed by atoms with van der Waals surface area (Å²) in [7, 11) is 0. The van der Waals surface area contributed by atoms with Gasteiger partial charge >= 0.3 is 0 Å². The summed E-state index contributed by atoms with van der Waals surface area (Å²) in [6.45, 7) is 15.6.